The number of halogens is 1. The summed E-state index contributed by atoms with van der Waals surface area (Å²) in [6, 6.07) is 21.2. The quantitative estimate of drug-likeness (QED) is 0.239. The van der Waals surface area contributed by atoms with Crippen LogP contribution in [0, 0.1) is 6.92 Å². The van der Waals surface area contributed by atoms with Crippen molar-refractivity contribution in [2.75, 3.05) is 35.4 Å². The molecular weight excluding hydrogens is 650 g/mol. The smallest absolute Gasteiger partial charge is 0.330 e. The first-order chi connectivity index (χ1) is 21.2. The van der Waals surface area contributed by atoms with E-state index in [1.807, 2.05) is 49.4 Å². The zero-order valence-electron chi connectivity index (χ0n) is 24.0. The van der Waals surface area contributed by atoms with Gasteiger partial charge in [0.15, 0.2) is 6.23 Å². The minimum atomic E-state index is -3.95. The molecule has 11 nitrogen and oxygen atoms in total. The molecule has 3 aromatic carbocycles. The zero-order valence-corrected chi connectivity index (χ0v) is 26.4. The van der Waals surface area contributed by atoms with Gasteiger partial charge in [0, 0.05) is 23.3 Å². The molecule has 2 unspecified atom stereocenters. The molecule has 1 saturated heterocycles. The summed E-state index contributed by atoms with van der Waals surface area (Å²) in [6.07, 6.45) is 0.598. The predicted molar refractivity (Wildman–Crippen MR) is 168 cm³/mol. The Hall–Kier alpha value is -3.88. The molecule has 3 heterocycles. The highest BCUT2D eigenvalue weighted by molar-refractivity contribution is 9.10. The zero-order chi connectivity index (χ0) is 30.8. The van der Waals surface area contributed by atoms with Crippen molar-refractivity contribution in [3.8, 4) is 0 Å². The minimum Gasteiger partial charge on any atom is -0.374 e. The van der Waals surface area contributed by atoms with Gasteiger partial charge in [0.2, 0.25) is 5.95 Å². The van der Waals surface area contributed by atoms with E-state index in [-0.39, 0.29) is 36.7 Å². The van der Waals surface area contributed by atoms with E-state index in [1.165, 1.54) is 17.0 Å². The van der Waals surface area contributed by atoms with Crippen molar-refractivity contribution in [1.29, 1.82) is 0 Å². The van der Waals surface area contributed by atoms with Crippen molar-refractivity contribution in [1.82, 2.24) is 9.97 Å². The van der Waals surface area contributed by atoms with Gasteiger partial charge in [0.25, 0.3) is 10.1 Å². The Labute approximate surface area is 264 Å². The number of amides is 2. The molecule has 0 aliphatic carbocycles. The first-order valence-corrected chi connectivity index (χ1v) is 16.1. The van der Waals surface area contributed by atoms with Gasteiger partial charge in [-0.3, -0.25) is 14.0 Å². The number of aryl methyl sites for hydroxylation is 1. The van der Waals surface area contributed by atoms with Crippen molar-refractivity contribution in [2.45, 2.75) is 37.3 Å². The normalized spacial score (nSPS) is 18.7. The number of para-hydroxylation sites is 1. The minimum absolute atomic E-state index is 0.0973. The van der Waals surface area contributed by atoms with Gasteiger partial charge in [-0.05, 0) is 58.2 Å². The van der Waals surface area contributed by atoms with Gasteiger partial charge >= 0.3 is 6.03 Å². The van der Waals surface area contributed by atoms with Gasteiger partial charge < -0.3 is 14.8 Å². The molecule has 1 aromatic heterocycles. The maximum absolute atomic E-state index is 13.2. The maximum atomic E-state index is 13.2. The standard InChI is InChI=1S/C31H30BrN5O6S/c1-20-11-13-23(14-12-20)44(39,40)42-17-21-7-3-4-8-24(21)27-18-41-19-28(43-27)34-30-33-15-22-16-37(26-10-6-5-9-25(26)32)31(38)36(2)29(22)35-30/h3-15,27-28H,16-19H2,1-2H3,(H,33,34,35). The fraction of sp³-hybridized carbons (Fsp3) is 0.258. The molecule has 2 aliphatic heterocycles. The highest BCUT2D eigenvalue weighted by Crippen LogP contribution is 2.34. The van der Waals surface area contributed by atoms with E-state index in [0.717, 1.165) is 26.9 Å². The summed E-state index contributed by atoms with van der Waals surface area (Å²) in [7, 11) is -2.27. The monoisotopic (exact) mass is 679 g/mol. The van der Waals surface area contributed by atoms with Crippen LogP contribution in [0.25, 0.3) is 0 Å². The van der Waals surface area contributed by atoms with E-state index in [0.29, 0.717) is 17.9 Å². The van der Waals surface area contributed by atoms with Crippen molar-refractivity contribution < 1.29 is 26.9 Å². The molecule has 0 bridgehead atoms. The van der Waals surface area contributed by atoms with Crippen LogP contribution in [0.5, 0.6) is 0 Å². The van der Waals surface area contributed by atoms with Crippen molar-refractivity contribution in [3.05, 3.63) is 106 Å². The number of nitrogens with one attached hydrogen (secondary N) is 1. The number of anilines is 3. The van der Waals surface area contributed by atoms with Gasteiger partial charge in [-0.1, -0.05) is 54.1 Å². The number of carbonyl (C=O) groups is 1. The number of urea groups is 1. The Morgan fingerprint density at radius 2 is 1.80 bits per heavy atom. The van der Waals surface area contributed by atoms with Gasteiger partial charge in [-0.15, -0.1) is 0 Å². The van der Waals surface area contributed by atoms with Gasteiger partial charge in [0.05, 0.1) is 36.9 Å². The topological polar surface area (TPSA) is 123 Å². The predicted octanol–water partition coefficient (Wildman–Crippen LogP) is 5.56. The van der Waals surface area contributed by atoms with Crippen LogP contribution in [-0.4, -0.2) is 50.9 Å². The van der Waals surface area contributed by atoms with E-state index in [4.69, 9.17) is 13.7 Å². The Kier molecular flexibility index (Phi) is 8.65. The lowest BCUT2D eigenvalue weighted by Gasteiger charge is -2.35. The number of benzene rings is 3. The number of ether oxygens (including phenoxy) is 2. The van der Waals surface area contributed by atoms with Crippen LogP contribution in [-0.2, 0) is 36.9 Å². The first kappa shape index (κ1) is 30.2. The average Bonchev–Trinajstić information content (AvgIpc) is 3.03. The second kappa shape index (κ2) is 12.6. The number of aromatic nitrogens is 2. The fourth-order valence-corrected chi connectivity index (χ4v) is 6.46. The molecule has 2 amide bonds. The molecule has 1 fully saturated rings. The Balaban J connectivity index is 1.14. The highest BCUT2D eigenvalue weighted by Gasteiger charge is 2.32. The summed E-state index contributed by atoms with van der Waals surface area (Å²) >= 11 is 3.53. The molecular formula is C31H30BrN5O6S. The van der Waals surface area contributed by atoms with Crippen LogP contribution >= 0.6 is 15.9 Å². The number of hydrogen-bond acceptors (Lipinski definition) is 9. The van der Waals surface area contributed by atoms with E-state index in [9.17, 15) is 13.2 Å². The summed E-state index contributed by atoms with van der Waals surface area (Å²) in [6.45, 7) is 2.56. The summed E-state index contributed by atoms with van der Waals surface area (Å²) in [5.41, 5.74) is 3.92. The second-order valence-electron chi connectivity index (χ2n) is 10.4. The highest BCUT2D eigenvalue weighted by atomic mass is 79.9. The van der Waals surface area contributed by atoms with E-state index >= 15 is 0 Å². The third-order valence-corrected chi connectivity index (χ3v) is 9.34. The van der Waals surface area contributed by atoms with E-state index < -0.39 is 22.4 Å². The summed E-state index contributed by atoms with van der Waals surface area (Å²) < 4.78 is 43.9. The van der Waals surface area contributed by atoms with Gasteiger partial charge in [0.1, 0.15) is 11.9 Å². The lowest BCUT2D eigenvalue weighted by atomic mass is 10.0. The van der Waals surface area contributed by atoms with Crippen molar-refractivity contribution in [2.24, 2.45) is 0 Å². The number of fused-ring (bicyclic) bond motifs is 1. The third kappa shape index (κ3) is 6.33. The summed E-state index contributed by atoms with van der Waals surface area (Å²) in [5.74, 6) is 0.786. The molecule has 2 aliphatic rings. The van der Waals surface area contributed by atoms with E-state index in [1.54, 1.807) is 36.3 Å². The molecule has 0 radical (unpaired) electrons. The molecule has 6 rings (SSSR count). The lowest BCUT2D eigenvalue weighted by Crippen LogP contribution is -2.46. The third-order valence-electron chi connectivity index (χ3n) is 7.39. The van der Waals surface area contributed by atoms with Crippen LogP contribution in [0.4, 0.5) is 22.2 Å². The average molecular weight is 681 g/mol. The van der Waals surface area contributed by atoms with E-state index in [2.05, 4.69) is 31.2 Å². The van der Waals surface area contributed by atoms with Crippen LogP contribution in [0.3, 0.4) is 0 Å². The Morgan fingerprint density at radius 1 is 1.05 bits per heavy atom. The molecule has 4 aromatic rings. The van der Waals surface area contributed by atoms with Crippen molar-refractivity contribution in [3.63, 3.8) is 0 Å². The Morgan fingerprint density at radius 3 is 2.59 bits per heavy atom. The first-order valence-electron chi connectivity index (χ1n) is 13.9. The molecule has 2 atom stereocenters. The van der Waals surface area contributed by atoms with Crippen LogP contribution in [0.1, 0.15) is 28.4 Å². The van der Waals surface area contributed by atoms with Crippen LogP contribution in [0.2, 0.25) is 0 Å². The van der Waals surface area contributed by atoms with Crippen LogP contribution < -0.4 is 15.1 Å². The molecule has 13 heteroatoms. The molecule has 0 spiro atoms. The number of rotatable bonds is 8. The number of hydrogen-bond donors (Lipinski definition) is 1. The van der Waals surface area contributed by atoms with Crippen LogP contribution in [0.15, 0.2) is 88.4 Å². The second-order valence-corrected chi connectivity index (χ2v) is 12.9. The molecule has 228 valence electrons. The number of carbonyl (C=O) groups excluding carboxylic acids is 1. The molecule has 0 saturated carbocycles. The number of nitrogens with zero attached hydrogens (tertiary/aromatic N) is 4. The summed E-state index contributed by atoms with van der Waals surface area (Å²) in [5, 5.41) is 3.16. The Bertz CT molecular complexity index is 1790. The van der Waals surface area contributed by atoms with Crippen molar-refractivity contribution >= 4 is 49.5 Å². The molecule has 44 heavy (non-hydrogen) atoms. The lowest BCUT2D eigenvalue weighted by molar-refractivity contribution is -0.129. The SMILES string of the molecule is Cc1ccc(S(=O)(=O)OCc2ccccc2C2COCC(Nc3ncc4c(n3)N(C)C(=O)N(c3ccccc3Br)C4)O2)cc1. The fourth-order valence-electron chi connectivity index (χ4n) is 5.07. The van der Waals surface area contributed by atoms with Gasteiger partial charge in [-0.2, -0.15) is 13.4 Å². The van der Waals surface area contributed by atoms with Gasteiger partial charge in [-0.25, -0.2) is 9.78 Å². The molecule has 1 N–H and O–H groups in total. The summed E-state index contributed by atoms with van der Waals surface area (Å²) in [4.78, 5) is 25.6. The largest absolute Gasteiger partial charge is 0.374 e. The maximum Gasteiger partial charge on any atom is 0.330 e.